The van der Waals surface area contributed by atoms with Crippen molar-refractivity contribution < 1.29 is 13.2 Å². The molecule has 0 atom stereocenters. The van der Waals surface area contributed by atoms with Crippen molar-refractivity contribution >= 4 is 49.0 Å². The third-order valence-corrected chi connectivity index (χ3v) is 5.64. The van der Waals surface area contributed by atoms with Crippen LogP contribution < -0.4 is 0 Å². The average molecular weight is 363 g/mol. The maximum absolute atomic E-state index is 12.0. The molecule has 0 radical (unpaired) electrons. The number of carbonyl (C=O) groups excluding carboxylic acids is 1. The van der Waals surface area contributed by atoms with E-state index in [9.17, 15) is 13.2 Å². The minimum Gasteiger partial charge on any atom is -0.293 e. The zero-order chi connectivity index (χ0) is 14.4. The van der Waals surface area contributed by atoms with Crippen LogP contribution in [0.5, 0.6) is 0 Å². The Morgan fingerprint density at radius 1 is 1.42 bits per heavy atom. The Balaban J connectivity index is 2.69. The van der Waals surface area contributed by atoms with Gasteiger partial charge in [-0.3, -0.25) is 9.10 Å². The van der Waals surface area contributed by atoms with Gasteiger partial charge in [0.15, 0.2) is 5.78 Å². The van der Waals surface area contributed by atoms with E-state index >= 15 is 0 Å². The van der Waals surface area contributed by atoms with E-state index in [2.05, 4.69) is 20.3 Å². The Morgan fingerprint density at radius 3 is 2.53 bits per heavy atom. The first-order valence-corrected chi connectivity index (χ1v) is 8.31. The molecule has 1 aromatic rings. The smallest absolute Gasteiger partial charge is 0.293 e. The van der Waals surface area contributed by atoms with Gasteiger partial charge in [0, 0.05) is 19.5 Å². The monoisotopic (exact) mass is 362 g/mol. The molecule has 0 N–H and O–H groups in total. The molecule has 102 valence electrons. The zero-order valence-corrected chi connectivity index (χ0v) is 13.7. The van der Waals surface area contributed by atoms with E-state index in [-0.39, 0.29) is 11.5 Å². The summed E-state index contributed by atoms with van der Waals surface area (Å²) in [6, 6.07) is 3.59. The molecule has 5 nitrogen and oxygen atoms in total. The lowest BCUT2D eigenvalue weighted by Gasteiger charge is -2.25. The lowest BCUT2D eigenvalue weighted by Crippen LogP contribution is -2.34. The first kappa shape index (κ1) is 14.4. The second-order valence-corrected chi connectivity index (χ2v) is 8.11. The molecule has 0 aromatic carbocycles. The number of thiophene rings is 1. The Hall–Kier alpha value is -0.990. The highest BCUT2D eigenvalue weighted by molar-refractivity contribution is 9.11. The van der Waals surface area contributed by atoms with Gasteiger partial charge in [-0.15, -0.1) is 15.7 Å². The summed E-state index contributed by atoms with van der Waals surface area (Å²) in [5, 5.41) is 0. The summed E-state index contributed by atoms with van der Waals surface area (Å²) < 4.78 is 29.5. The van der Waals surface area contributed by atoms with Gasteiger partial charge < -0.3 is 0 Å². The summed E-state index contributed by atoms with van der Waals surface area (Å²) in [7, 11) is -2.51. The maximum Gasteiger partial charge on any atom is 0.345 e. The first-order valence-electron chi connectivity index (χ1n) is 5.30. The molecule has 0 bridgehead atoms. The molecule has 1 aliphatic rings. The van der Waals surface area contributed by atoms with Crippen molar-refractivity contribution in [3.8, 4) is 0 Å². The quantitative estimate of drug-likeness (QED) is 0.810. The second kappa shape index (κ2) is 4.84. The number of nitrogens with zero attached hydrogens (tertiary/aromatic N) is 2. The SMILES string of the molecule is CC(=O)C1=C(C)C(c2ccc(Br)s2)=NS(=O)(=O)N1C. The molecular formula is C11H11BrN2O3S2. The van der Waals surface area contributed by atoms with E-state index in [4.69, 9.17) is 0 Å². The number of hydrogen-bond donors (Lipinski definition) is 0. The minimum absolute atomic E-state index is 0.162. The molecule has 2 rings (SSSR count). The van der Waals surface area contributed by atoms with Crippen molar-refractivity contribution in [3.05, 3.63) is 32.1 Å². The number of likely N-dealkylation sites (N-methyl/N-ethyl adjacent to an activating group) is 1. The maximum atomic E-state index is 12.0. The van der Waals surface area contributed by atoms with Gasteiger partial charge in [0.25, 0.3) is 0 Å². The van der Waals surface area contributed by atoms with Gasteiger partial charge in [-0.05, 0) is 35.0 Å². The Kier molecular flexibility index (Phi) is 3.67. The molecule has 0 fully saturated rings. The third-order valence-electron chi connectivity index (χ3n) is 2.72. The van der Waals surface area contributed by atoms with Crippen molar-refractivity contribution in [3.63, 3.8) is 0 Å². The molecule has 1 aromatic heterocycles. The van der Waals surface area contributed by atoms with Gasteiger partial charge >= 0.3 is 10.2 Å². The van der Waals surface area contributed by atoms with Gasteiger partial charge in [-0.1, -0.05) is 0 Å². The van der Waals surface area contributed by atoms with Crippen molar-refractivity contribution in [1.82, 2.24) is 4.31 Å². The predicted octanol–water partition coefficient (Wildman–Crippen LogP) is 2.35. The van der Waals surface area contributed by atoms with Gasteiger partial charge in [-0.2, -0.15) is 8.42 Å². The summed E-state index contributed by atoms with van der Waals surface area (Å²) in [5.41, 5.74) is 1.06. The fourth-order valence-corrected chi connectivity index (χ4v) is 4.44. The Labute approximate surface area is 124 Å². The number of halogens is 1. The number of carbonyl (C=O) groups is 1. The van der Waals surface area contributed by atoms with Crippen LogP contribution in [0.1, 0.15) is 18.7 Å². The van der Waals surface area contributed by atoms with Crippen LogP contribution >= 0.6 is 27.3 Å². The lowest BCUT2D eigenvalue weighted by molar-refractivity contribution is -0.114. The number of rotatable bonds is 2. The van der Waals surface area contributed by atoms with Crippen LogP contribution in [-0.4, -0.2) is 31.3 Å². The standard InChI is InChI=1S/C11H11BrN2O3S2/c1-6-10(8-4-5-9(12)18-8)13-19(16,17)14(3)11(6)7(2)15/h4-5H,1-3H3. The van der Waals surface area contributed by atoms with Crippen LogP contribution in [0.4, 0.5) is 0 Å². The van der Waals surface area contributed by atoms with Crippen LogP contribution in [0.2, 0.25) is 0 Å². The molecule has 0 unspecified atom stereocenters. The number of Topliss-reactive ketones (excluding diaryl/α,β-unsaturated/α-hetero) is 1. The van der Waals surface area contributed by atoms with Crippen molar-refractivity contribution in [1.29, 1.82) is 0 Å². The van der Waals surface area contributed by atoms with Crippen LogP contribution in [-0.2, 0) is 15.0 Å². The largest absolute Gasteiger partial charge is 0.345 e. The topological polar surface area (TPSA) is 66.8 Å². The highest BCUT2D eigenvalue weighted by Crippen LogP contribution is 2.30. The van der Waals surface area contributed by atoms with Crippen LogP contribution in [0.3, 0.4) is 0 Å². The van der Waals surface area contributed by atoms with E-state index in [0.29, 0.717) is 16.2 Å². The average Bonchev–Trinajstić information content (AvgIpc) is 2.70. The van der Waals surface area contributed by atoms with Crippen LogP contribution in [0, 0.1) is 0 Å². The Bertz CT molecular complexity index is 716. The molecular weight excluding hydrogens is 352 g/mol. The van der Waals surface area contributed by atoms with Crippen LogP contribution in [0.25, 0.3) is 0 Å². The predicted molar refractivity (Wildman–Crippen MR) is 78.6 cm³/mol. The number of hydrogen-bond acceptors (Lipinski definition) is 4. The van der Waals surface area contributed by atoms with E-state index < -0.39 is 10.2 Å². The Morgan fingerprint density at radius 2 is 2.05 bits per heavy atom. The fraction of sp³-hybridized carbons (Fsp3) is 0.273. The van der Waals surface area contributed by atoms with Gasteiger partial charge in [0.1, 0.15) is 11.4 Å². The van der Waals surface area contributed by atoms with Gasteiger partial charge in [0.2, 0.25) is 0 Å². The van der Waals surface area contributed by atoms with Crippen molar-refractivity contribution in [2.24, 2.45) is 4.40 Å². The van der Waals surface area contributed by atoms with Crippen molar-refractivity contribution in [2.75, 3.05) is 7.05 Å². The highest BCUT2D eigenvalue weighted by atomic mass is 79.9. The van der Waals surface area contributed by atoms with E-state index in [1.807, 2.05) is 6.07 Å². The fourth-order valence-electron chi connectivity index (χ4n) is 1.87. The molecule has 0 saturated carbocycles. The summed E-state index contributed by atoms with van der Waals surface area (Å²) in [6.45, 7) is 3.05. The molecule has 0 saturated heterocycles. The first-order chi connectivity index (χ1) is 8.74. The highest BCUT2D eigenvalue weighted by Gasteiger charge is 2.32. The van der Waals surface area contributed by atoms with Gasteiger partial charge in [-0.25, -0.2) is 0 Å². The van der Waals surface area contributed by atoms with Crippen molar-refractivity contribution in [2.45, 2.75) is 13.8 Å². The second-order valence-electron chi connectivity index (χ2n) is 4.02. The van der Waals surface area contributed by atoms with Crippen LogP contribution in [0.15, 0.2) is 31.6 Å². The molecule has 0 amide bonds. The third kappa shape index (κ3) is 2.52. The molecule has 1 aliphatic heterocycles. The molecule has 0 aliphatic carbocycles. The lowest BCUT2D eigenvalue weighted by atomic mass is 10.1. The zero-order valence-electron chi connectivity index (χ0n) is 10.5. The molecule has 0 spiro atoms. The number of ketones is 1. The van der Waals surface area contributed by atoms with E-state index in [1.54, 1.807) is 13.0 Å². The van der Waals surface area contributed by atoms with Gasteiger partial charge in [0.05, 0.1) is 8.66 Å². The molecule has 8 heteroatoms. The molecule has 2 heterocycles. The minimum atomic E-state index is -3.84. The summed E-state index contributed by atoms with van der Waals surface area (Å²) in [5.74, 6) is -0.299. The summed E-state index contributed by atoms with van der Waals surface area (Å²) in [4.78, 5) is 12.4. The number of allylic oxidation sites excluding steroid dienone is 2. The summed E-state index contributed by atoms with van der Waals surface area (Å²) in [6.07, 6.45) is 0. The summed E-state index contributed by atoms with van der Waals surface area (Å²) >= 11 is 4.69. The molecule has 19 heavy (non-hydrogen) atoms. The normalized spacial score (nSPS) is 18.5. The van der Waals surface area contributed by atoms with E-state index in [1.165, 1.54) is 25.3 Å². The van der Waals surface area contributed by atoms with E-state index in [0.717, 1.165) is 8.09 Å².